The van der Waals surface area contributed by atoms with Gasteiger partial charge in [0, 0.05) is 38.8 Å². The molecule has 26 nitrogen and oxygen atoms in total. The number of phenolic OH excluding ortho intramolecular Hbond substituents is 1. The topological polar surface area (TPSA) is 438 Å². The maximum atomic E-state index is 14.6. The van der Waals surface area contributed by atoms with Crippen LogP contribution in [0.25, 0.3) is 0 Å². The number of nitrogens with one attached hydrogen (secondary N) is 7. The van der Waals surface area contributed by atoms with Crippen molar-refractivity contribution in [1.29, 1.82) is 0 Å². The van der Waals surface area contributed by atoms with Crippen molar-refractivity contribution < 1.29 is 57.8 Å². The Morgan fingerprint density at radius 3 is 1.92 bits per heavy atom. The molecule has 7 unspecified atom stereocenters. The van der Waals surface area contributed by atoms with Crippen molar-refractivity contribution >= 4 is 70.9 Å². The lowest BCUT2D eigenvalue weighted by atomic mass is 10.0. The summed E-state index contributed by atoms with van der Waals surface area (Å²) in [6.07, 6.45) is -0.541. The number of benzene rings is 2. The summed E-state index contributed by atoms with van der Waals surface area (Å²) in [5.41, 5.74) is 28.2. The average Bonchev–Trinajstić information content (AvgIpc) is 3.85. The van der Waals surface area contributed by atoms with Crippen LogP contribution < -0.4 is 65.9 Å². The standard InChI is InChI=1S/C48H68N14O12/c49-37(64)20-19-31-42(69)61-35(25-38(50)65)45(72)59-32(47(74)62-22-8-13-36(62)46(73)58-30(12-7-21-54-48(52)53)41(68)55-26-39(51)66)11-5-2-6-14-40(67)56-33(24-28-15-17-29(63)18-16-28)43(70)60-34(44(71)57-31)23-27-9-3-1-4-10-27/h1,3-4,9-10,15-18,30-36,63H,2,5-8,11-14,19-26H2,(H2,49,64)(H2,50,65)(H2,51,66)(H,55,68)(H,56,67)(H,57,71)(H,58,73)(H,59,72)(H,60,70)(H,61,69)(H4,52,53,54). The number of aromatic hydroxyl groups is 1. The van der Waals surface area contributed by atoms with Gasteiger partial charge in [0.15, 0.2) is 5.96 Å². The van der Waals surface area contributed by atoms with Crippen LogP contribution in [0.2, 0.25) is 0 Å². The molecular weight excluding hydrogens is 965 g/mol. The Morgan fingerprint density at radius 1 is 0.676 bits per heavy atom. The number of aliphatic imine (C=N–C) groups is 1. The van der Waals surface area contributed by atoms with Crippen LogP contribution in [0.15, 0.2) is 59.6 Å². The molecule has 2 aromatic carbocycles. The number of amides is 11. The fraction of sp³-hybridized carbons (Fsp3) is 0.500. The average molecular weight is 1030 g/mol. The van der Waals surface area contributed by atoms with Gasteiger partial charge in [-0.1, -0.05) is 55.3 Å². The van der Waals surface area contributed by atoms with E-state index in [9.17, 15) is 57.8 Å². The van der Waals surface area contributed by atoms with Crippen molar-refractivity contribution in [2.45, 2.75) is 132 Å². The molecule has 2 saturated heterocycles. The largest absolute Gasteiger partial charge is 0.508 e. The summed E-state index contributed by atoms with van der Waals surface area (Å²) in [5, 5.41) is 27.9. The molecule has 26 heteroatoms. The van der Waals surface area contributed by atoms with Gasteiger partial charge >= 0.3 is 0 Å². The molecule has 4 rings (SSSR count). The van der Waals surface area contributed by atoms with Crippen LogP contribution in [-0.2, 0) is 65.6 Å². The van der Waals surface area contributed by atoms with Crippen LogP contribution >= 0.6 is 0 Å². The molecule has 2 aliphatic rings. The lowest BCUT2D eigenvalue weighted by Gasteiger charge is -2.31. The molecule has 402 valence electrons. The molecular formula is C48H68N14O12. The molecule has 0 saturated carbocycles. The lowest BCUT2D eigenvalue weighted by molar-refractivity contribution is -0.143. The van der Waals surface area contributed by atoms with Gasteiger partial charge in [0.1, 0.15) is 48.0 Å². The second-order valence-corrected chi connectivity index (χ2v) is 18.1. The minimum absolute atomic E-state index is 0.0189. The van der Waals surface area contributed by atoms with E-state index >= 15 is 0 Å². The molecule has 74 heavy (non-hydrogen) atoms. The number of phenols is 1. The molecule has 0 aromatic heterocycles. The van der Waals surface area contributed by atoms with E-state index in [1.807, 2.05) is 0 Å². The maximum absolute atomic E-state index is 14.6. The number of carbonyl (C=O) groups excluding carboxylic acids is 11. The highest BCUT2D eigenvalue weighted by molar-refractivity contribution is 5.99. The third-order valence-corrected chi connectivity index (χ3v) is 12.2. The summed E-state index contributed by atoms with van der Waals surface area (Å²) >= 11 is 0. The molecule has 2 aliphatic heterocycles. The van der Waals surface area contributed by atoms with E-state index in [4.69, 9.17) is 28.7 Å². The number of guanidine groups is 1. The molecule has 2 fully saturated rings. The minimum Gasteiger partial charge on any atom is -0.508 e. The van der Waals surface area contributed by atoms with E-state index in [0.29, 0.717) is 24.0 Å². The smallest absolute Gasteiger partial charge is 0.245 e. The number of carbonyl (C=O) groups is 11. The van der Waals surface area contributed by atoms with Crippen molar-refractivity contribution in [1.82, 2.24) is 42.1 Å². The molecule has 2 heterocycles. The van der Waals surface area contributed by atoms with Crippen molar-refractivity contribution in [3.8, 4) is 5.75 Å². The number of hydrogen-bond acceptors (Lipinski definition) is 13. The van der Waals surface area contributed by atoms with Gasteiger partial charge in [-0.3, -0.25) is 57.7 Å². The minimum atomic E-state index is -1.76. The number of nitrogens with zero attached hydrogens (tertiary/aromatic N) is 2. The third-order valence-electron chi connectivity index (χ3n) is 12.2. The molecule has 0 aliphatic carbocycles. The number of nitrogens with two attached hydrogens (primary N) is 5. The molecule has 2 aromatic rings. The summed E-state index contributed by atoms with van der Waals surface area (Å²) < 4.78 is 0. The SMILES string of the molecule is NC(=O)CCC1NC(=O)C(Cc2ccccc2)NC(=O)C(Cc2ccc(O)cc2)NC(=O)CCCCCC(C(=O)N2CCCC2C(=O)NC(CCCN=C(N)N)C(=O)NCC(N)=O)NC(=O)C(CC(N)=O)NC1=O. The Morgan fingerprint density at radius 2 is 1.28 bits per heavy atom. The van der Waals surface area contributed by atoms with Crippen molar-refractivity contribution in [2.75, 3.05) is 19.6 Å². The van der Waals surface area contributed by atoms with Crippen LogP contribution in [0.5, 0.6) is 5.75 Å². The van der Waals surface area contributed by atoms with Crippen LogP contribution in [0.4, 0.5) is 0 Å². The van der Waals surface area contributed by atoms with Crippen LogP contribution in [0.1, 0.15) is 88.2 Å². The predicted molar refractivity (Wildman–Crippen MR) is 266 cm³/mol. The van der Waals surface area contributed by atoms with E-state index in [2.05, 4.69) is 42.2 Å². The summed E-state index contributed by atoms with van der Waals surface area (Å²) in [6.45, 7) is -0.377. The van der Waals surface area contributed by atoms with Gasteiger partial charge in [0.05, 0.1) is 13.0 Å². The van der Waals surface area contributed by atoms with Gasteiger partial charge in [-0.05, 0) is 68.2 Å². The molecule has 11 amide bonds. The number of primary amides is 3. The highest BCUT2D eigenvalue weighted by Crippen LogP contribution is 2.22. The first-order valence-corrected chi connectivity index (χ1v) is 24.3. The number of likely N-dealkylation sites (tertiary alicyclic amines) is 1. The van der Waals surface area contributed by atoms with Gasteiger partial charge in [-0.25, -0.2) is 0 Å². The number of hydrogen-bond donors (Lipinski definition) is 13. The Bertz CT molecular complexity index is 2370. The lowest BCUT2D eigenvalue weighted by Crippen LogP contribution is -2.60. The van der Waals surface area contributed by atoms with Crippen LogP contribution in [0.3, 0.4) is 0 Å². The molecule has 0 spiro atoms. The number of rotatable bonds is 19. The summed E-state index contributed by atoms with van der Waals surface area (Å²) in [5.74, 6) is -9.50. The van der Waals surface area contributed by atoms with E-state index in [1.54, 1.807) is 42.5 Å². The Labute approximate surface area is 426 Å². The van der Waals surface area contributed by atoms with E-state index in [1.165, 1.54) is 17.0 Å². The first-order chi connectivity index (χ1) is 35.2. The van der Waals surface area contributed by atoms with Gasteiger partial charge < -0.3 is 75.9 Å². The second-order valence-electron chi connectivity index (χ2n) is 18.1. The quantitative estimate of drug-likeness (QED) is 0.0361. The summed E-state index contributed by atoms with van der Waals surface area (Å²) in [6, 6.07) is 4.69. The van der Waals surface area contributed by atoms with Gasteiger partial charge in [0.2, 0.25) is 65.0 Å². The molecule has 0 bridgehead atoms. The normalized spacial score (nSPS) is 21.7. The molecule has 18 N–H and O–H groups in total. The zero-order chi connectivity index (χ0) is 54.3. The zero-order valence-electron chi connectivity index (χ0n) is 41.0. The van der Waals surface area contributed by atoms with E-state index in [-0.39, 0.29) is 82.6 Å². The summed E-state index contributed by atoms with van der Waals surface area (Å²) in [4.78, 5) is 153. The van der Waals surface area contributed by atoms with Gasteiger partial charge in [0.25, 0.3) is 0 Å². The van der Waals surface area contributed by atoms with Gasteiger partial charge in [-0.15, -0.1) is 0 Å². The second kappa shape index (κ2) is 29.3. The molecule has 7 atom stereocenters. The Balaban J connectivity index is 1.68. The highest BCUT2D eigenvalue weighted by atomic mass is 16.3. The van der Waals surface area contributed by atoms with Crippen molar-refractivity contribution in [3.05, 3.63) is 65.7 Å². The Hall–Kier alpha value is -8.32. The first kappa shape index (κ1) is 58.3. The third kappa shape index (κ3) is 19.7. The van der Waals surface area contributed by atoms with Crippen molar-refractivity contribution in [3.63, 3.8) is 0 Å². The highest BCUT2D eigenvalue weighted by Gasteiger charge is 2.40. The van der Waals surface area contributed by atoms with Crippen LogP contribution in [0, 0.1) is 0 Å². The predicted octanol–water partition coefficient (Wildman–Crippen LogP) is -4.16. The summed E-state index contributed by atoms with van der Waals surface area (Å²) in [7, 11) is 0. The zero-order valence-corrected chi connectivity index (χ0v) is 41.0. The van der Waals surface area contributed by atoms with Crippen molar-refractivity contribution in [2.24, 2.45) is 33.7 Å². The fourth-order valence-corrected chi connectivity index (χ4v) is 8.37. The first-order valence-electron chi connectivity index (χ1n) is 24.3. The maximum Gasteiger partial charge on any atom is 0.245 e. The Kier molecular flexibility index (Phi) is 23.0. The molecule has 0 radical (unpaired) electrons. The fourth-order valence-electron chi connectivity index (χ4n) is 8.37. The van der Waals surface area contributed by atoms with E-state index < -0.39 is 133 Å². The monoisotopic (exact) mass is 1030 g/mol. The van der Waals surface area contributed by atoms with E-state index in [0.717, 1.165) is 0 Å². The van der Waals surface area contributed by atoms with Crippen LogP contribution in [-0.4, -0.2) is 143 Å². The van der Waals surface area contributed by atoms with Gasteiger partial charge in [-0.2, -0.15) is 0 Å².